The van der Waals surface area contributed by atoms with E-state index >= 15 is 0 Å². The fourth-order valence-corrected chi connectivity index (χ4v) is 4.49. The van der Waals surface area contributed by atoms with Crippen LogP contribution in [0.15, 0.2) is 30.9 Å². The second-order valence-corrected chi connectivity index (χ2v) is 8.60. The summed E-state index contributed by atoms with van der Waals surface area (Å²) in [7, 11) is 0. The fraction of sp³-hybridized carbons (Fsp3) is 0.438. The first-order valence-corrected chi connectivity index (χ1v) is 9.91. The first-order chi connectivity index (χ1) is 11.6. The van der Waals surface area contributed by atoms with Crippen LogP contribution < -0.4 is 0 Å². The largest absolute Gasteiger partial charge is 0.291 e. The maximum Gasteiger partial charge on any atom is 0.0897 e. The first kappa shape index (κ1) is 17.5. The third-order valence-electron chi connectivity index (χ3n) is 3.64. The lowest BCUT2D eigenvalue weighted by Crippen LogP contribution is -2.31. The Morgan fingerprint density at radius 2 is 1.75 bits per heavy atom. The van der Waals surface area contributed by atoms with Crippen molar-refractivity contribution < 1.29 is 0 Å². The van der Waals surface area contributed by atoms with E-state index in [1.165, 1.54) is 9.75 Å². The van der Waals surface area contributed by atoms with E-state index in [0.29, 0.717) is 5.88 Å². The van der Waals surface area contributed by atoms with Gasteiger partial charge in [-0.3, -0.25) is 9.58 Å². The summed E-state index contributed by atoms with van der Waals surface area (Å²) in [5, 5.41) is 6.54. The van der Waals surface area contributed by atoms with Gasteiger partial charge in [0.15, 0.2) is 0 Å². The molecule has 3 aromatic heterocycles. The Labute approximate surface area is 154 Å². The van der Waals surface area contributed by atoms with Crippen molar-refractivity contribution in [1.82, 2.24) is 24.6 Å². The molecule has 0 aromatic carbocycles. The summed E-state index contributed by atoms with van der Waals surface area (Å²) in [6.07, 6.45) is 7.70. The molecule has 0 amide bonds. The molecule has 3 heterocycles. The van der Waals surface area contributed by atoms with Crippen molar-refractivity contribution in [2.75, 3.05) is 12.4 Å². The summed E-state index contributed by atoms with van der Waals surface area (Å²) in [6, 6.07) is 2.08. The minimum atomic E-state index is 0.143. The number of nitrogens with zero attached hydrogens (tertiary/aromatic N) is 5. The minimum Gasteiger partial charge on any atom is -0.291 e. The molecule has 0 saturated heterocycles. The average molecular weight is 382 g/mol. The van der Waals surface area contributed by atoms with Crippen molar-refractivity contribution in [3.05, 3.63) is 50.6 Å². The number of alkyl halides is 1. The van der Waals surface area contributed by atoms with Crippen LogP contribution in [0.3, 0.4) is 0 Å². The quantitative estimate of drug-likeness (QED) is 0.555. The van der Waals surface area contributed by atoms with Gasteiger partial charge in [0, 0.05) is 60.1 Å². The minimum absolute atomic E-state index is 0.143. The number of hydrogen-bond acceptors (Lipinski definition) is 6. The van der Waals surface area contributed by atoms with E-state index in [9.17, 15) is 0 Å². The van der Waals surface area contributed by atoms with Gasteiger partial charge in [0.2, 0.25) is 0 Å². The number of aromatic nitrogens is 4. The molecule has 0 aliphatic heterocycles. The predicted octanol–water partition coefficient (Wildman–Crippen LogP) is 3.90. The Morgan fingerprint density at radius 3 is 2.17 bits per heavy atom. The topological polar surface area (TPSA) is 46.8 Å². The van der Waals surface area contributed by atoms with Gasteiger partial charge in [-0.25, -0.2) is 9.97 Å². The molecule has 3 rings (SSSR count). The third-order valence-corrected chi connectivity index (χ3v) is 5.79. The normalized spacial score (nSPS) is 12.8. The van der Waals surface area contributed by atoms with Gasteiger partial charge in [0.05, 0.1) is 16.1 Å². The summed E-state index contributed by atoms with van der Waals surface area (Å²) in [5.41, 5.74) is 0. The number of halogens is 1. The van der Waals surface area contributed by atoms with Gasteiger partial charge in [-0.15, -0.1) is 34.3 Å². The summed E-state index contributed by atoms with van der Waals surface area (Å²) in [5.74, 6) is 0.529. The smallest absolute Gasteiger partial charge is 0.0897 e. The van der Waals surface area contributed by atoms with Gasteiger partial charge >= 0.3 is 0 Å². The van der Waals surface area contributed by atoms with Crippen LogP contribution in [0.1, 0.15) is 25.8 Å². The van der Waals surface area contributed by atoms with Crippen LogP contribution in [0, 0.1) is 13.8 Å². The molecular formula is C16H20ClN5S2. The van der Waals surface area contributed by atoms with Crippen LogP contribution >= 0.6 is 34.3 Å². The standard InChI is InChI=1S/C16H20ClN5S2/c1-12-18-7-15(23-12)10-21(11-16-8-19-13(2)24-16)9-14(6-17)22-5-3-4-20-22/h3-5,7-8,14H,6,9-11H2,1-2H3/t14-/m1/s1. The molecule has 0 N–H and O–H groups in total. The van der Waals surface area contributed by atoms with Crippen LogP contribution in [0.4, 0.5) is 0 Å². The lowest BCUT2D eigenvalue weighted by atomic mass is 10.3. The van der Waals surface area contributed by atoms with Crippen LogP contribution in [0.2, 0.25) is 0 Å². The van der Waals surface area contributed by atoms with Crippen molar-refractivity contribution in [2.24, 2.45) is 0 Å². The summed E-state index contributed by atoms with van der Waals surface area (Å²) in [4.78, 5) is 13.7. The molecule has 128 valence electrons. The molecule has 0 bridgehead atoms. The zero-order valence-corrected chi connectivity index (χ0v) is 16.1. The molecule has 0 unspecified atom stereocenters. The summed E-state index contributed by atoms with van der Waals surface area (Å²) < 4.78 is 1.94. The van der Waals surface area contributed by atoms with Crippen molar-refractivity contribution in [3.63, 3.8) is 0 Å². The van der Waals surface area contributed by atoms with E-state index < -0.39 is 0 Å². The Morgan fingerprint density at radius 1 is 1.12 bits per heavy atom. The van der Waals surface area contributed by atoms with Gasteiger partial charge in [-0.2, -0.15) is 5.10 Å². The lowest BCUT2D eigenvalue weighted by Gasteiger charge is -2.25. The zero-order valence-electron chi connectivity index (χ0n) is 13.7. The van der Waals surface area contributed by atoms with Gasteiger partial charge in [-0.1, -0.05) is 0 Å². The lowest BCUT2D eigenvalue weighted by molar-refractivity contribution is 0.220. The molecule has 1 atom stereocenters. The Bertz CT molecular complexity index is 710. The zero-order chi connectivity index (χ0) is 16.9. The number of rotatable bonds is 8. The molecule has 0 aliphatic carbocycles. The van der Waals surface area contributed by atoms with Crippen molar-refractivity contribution >= 4 is 34.3 Å². The molecule has 8 heteroatoms. The van der Waals surface area contributed by atoms with Crippen molar-refractivity contribution in [1.29, 1.82) is 0 Å². The molecule has 0 saturated carbocycles. The van der Waals surface area contributed by atoms with E-state index in [1.807, 2.05) is 43.2 Å². The Hall–Kier alpha value is -1.28. The highest BCUT2D eigenvalue weighted by molar-refractivity contribution is 7.11. The van der Waals surface area contributed by atoms with Crippen LogP contribution in [-0.4, -0.2) is 37.1 Å². The molecule has 3 aromatic rings. The van der Waals surface area contributed by atoms with E-state index in [4.69, 9.17) is 11.6 Å². The van der Waals surface area contributed by atoms with Crippen LogP contribution in [-0.2, 0) is 13.1 Å². The van der Waals surface area contributed by atoms with Crippen molar-refractivity contribution in [2.45, 2.75) is 33.0 Å². The second-order valence-electron chi connectivity index (χ2n) is 5.66. The third kappa shape index (κ3) is 4.63. The average Bonchev–Trinajstić information content (AvgIpc) is 3.28. The number of aryl methyl sites for hydroxylation is 2. The SMILES string of the molecule is Cc1ncc(CN(Cc2cnc(C)s2)C[C@@H](CCl)n2cccn2)s1. The number of hydrogen-bond donors (Lipinski definition) is 0. The maximum atomic E-state index is 6.21. The van der Waals surface area contributed by atoms with E-state index in [0.717, 1.165) is 29.6 Å². The molecule has 0 aliphatic rings. The fourth-order valence-electron chi connectivity index (χ4n) is 2.58. The van der Waals surface area contributed by atoms with Gasteiger partial charge < -0.3 is 0 Å². The highest BCUT2D eigenvalue weighted by atomic mass is 35.5. The van der Waals surface area contributed by atoms with E-state index in [1.54, 1.807) is 28.9 Å². The predicted molar refractivity (Wildman–Crippen MR) is 99.8 cm³/mol. The van der Waals surface area contributed by atoms with Crippen LogP contribution in [0.25, 0.3) is 0 Å². The van der Waals surface area contributed by atoms with E-state index in [-0.39, 0.29) is 6.04 Å². The van der Waals surface area contributed by atoms with Crippen LogP contribution in [0.5, 0.6) is 0 Å². The Balaban J connectivity index is 1.75. The maximum absolute atomic E-state index is 6.21. The van der Waals surface area contributed by atoms with Gasteiger partial charge in [0.1, 0.15) is 0 Å². The molecule has 24 heavy (non-hydrogen) atoms. The molecule has 5 nitrogen and oxygen atoms in total. The highest BCUT2D eigenvalue weighted by Gasteiger charge is 2.18. The van der Waals surface area contributed by atoms with Crippen molar-refractivity contribution in [3.8, 4) is 0 Å². The molecule has 0 spiro atoms. The summed E-state index contributed by atoms with van der Waals surface area (Å²) in [6.45, 7) is 6.63. The Kier molecular flexibility index (Phi) is 5.99. The van der Waals surface area contributed by atoms with Gasteiger partial charge in [0.25, 0.3) is 0 Å². The van der Waals surface area contributed by atoms with E-state index in [2.05, 4.69) is 20.0 Å². The number of thiazole rings is 2. The first-order valence-electron chi connectivity index (χ1n) is 7.74. The monoisotopic (exact) mass is 381 g/mol. The molecule has 0 fully saturated rings. The molecular weight excluding hydrogens is 362 g/mol. The molecule has 0 radical (unpaired) electrons. The highest BCUT2D eigenvalue weighted by Crippen LogP contribution is 2.21. The summed E-state index contributed by atoms with van der Waals surface area (Å²) >= 11 is 9.70. The second kappa shape index (κ2) is 8.20. The van der Waals surface area contributed by atoms with Gasteiger partial charge in [-0.05, 0) is 19.9 Å².